The van der Waals surface area contributed by atoms with Crippen molar-refractivity contribution in [1.29, 1.82) is 5.26 Å². The number of nitriles is 1. The highest BCUT2D eigenvalue weighted by molar-refractivity contribution is 5.76. The summed E-state index contributed by atoms with van der Waals surface area (Å²) in [6.45, 7) is 7.42. The zero-order valence-corrected chi connectivity index (χ0v) is 14.4. The minimum absolute atomic E-state index is 0.0164. The fourth-order valence-corrected chi connectivity index (χ4v) is 2.46. The zero-order valence-electron chi connectivity index (χ0n) is 14.4. The number of hydrogen-bond donors (Lipinski definition) is 0. The predicted molar refractivity (Wildman–Crippen MR) is 88.4 cm³/mol. The van der Waals surface area contributed by atoms with Crippen molar-refractivity contribution in [2.24, 2.45) is 0 Å². The first-order valence-electron chi connectivity index (χ1n) is 7.86. The Morgan fingerprint density at radius 3 is 2.33 bits per heavy atom. The summed E-state index contributed by atoms with van der Waals surface area (Å²) in [5, 5.41) is 19.9. The summed E-state index contributed by atoms with van der Waals surface area (Å²) in [5.41, 5.74) is -1.45. The van der Waals surface area contributed by atoms with Crippen molar-refractivity contribution in [3.63, 3.8) is 0 Å². The fourth-order valence-electron chi connectivity index (χ4n) is 2.46. The van der Waals surface area contributed by atoms with Crippen molar-refractivity contribution in [3.8, 4) is 6.07 Å². The highest BCUT2D eigenvalue weighted by Gasteiger charge is 2.25. The van der Waals surface area contributed by atoms with Crippen LogP contribution in [0.15, 0.2) is 17.1 Å². The molecule has 0 bridgehead atoms. The second-order valence-corrected chi connectivity index (χ2v) is 5.73. The number of amides is 1. The number of nitrogens with zero attached hydrogens (tertiary/aromatic N) is 4. The van der Waals surface area contributed by atoms with E-state index in [1.807, 2.05) is 27.7 Å². The van der Waals surface area contributed by atoms with Gasteiger partial charge in [-0.2, -0.15) is 5.26 Å². The maximum atomic E-state index is 12.7. The molecule has 8 heteroatoms. The van der Waals surface area contributed by atoms with Gasteiger partial charge in [-0.15, -0.1) is 0 Å². The van der Waals surface area contributed by atoms with Crippen molar-refractivity contribution < 1.29 is 9.72 Å². The van der Waals surface area contributed by atoms with Crippen LogP contribution in [0.5, 0.6) is 0 Å². The third-order valence-electron chi connectivity index (χ3n) is 4.13. The van der Waals surface area contributed by atoms with E-state index < -0.39 is 16.2 Å². The molecule has 2 atom stereocenters. The monoisotopic (exact) mass is 334 g/mol. The molecule has 1 heterocycles. The van der Waals surface area contributed by atoms with Crippen molar-refractivity contribution in [3.05, 3.63) is 38.3 Å². The van der Waals surface area contributed by atoms with Crippen molar-refractivity contribution in [2.75, 3.05) is 0 Å². The van der Waals surface area contributed by atoms with Crippen LogP contribution in [0.4, 0.5) is 5.69 Å². The standard InChI is InChI=1S/C16H22N4O4/c1-5-11(3)19(12(4)6-2)15(21)10-18-9-14(20(23)24)7-13(8-17)16(18)22/h7,9,11-12H,5-6,10H2,1-4H3/t11-,12-/m1/s1. The summed E-state index contributed by atoms with van der Waals surface area (Å²) in [6, 6.07) is 2.53. The molecule has 1 aromatic heterocycles. The molecule has 0 N–H and O–H groups in total. The second kappa shape index (κ2) is 8.24. The number of carbonyl (C=O) groups is 1. The average Bonchev–Trinajstić information content (AvgIpc) is 2.55. The molecule has 8 nitrogen and oxygen atoms in total. The van der Waals surface area contributed by atoms with Gasteiger partial charge in [0, 0.05) is 18.2 Å². The van der Waals surface area contributed by atoms with Crippen LogP contribution in [0, 0.1) is 21.4 Å². The zero-order chi connectivity index (χ0) is 18.4. The van der Waals surface area contributed by atoms with Gasteiger partial charge in [0.15, 0.2) is 0 Å². The van der Waals surface area contributed by atoms with Crippen LogP contribution in [0.3, 0.4) is 0 Å². The van der Waals surface area contributed by atoms with Gasteiger partial charge in [0.25, 0.3) is 11.2 Å². The highest BCUT2D eigenvalue weighted by atomic mass is 16.6. The lowest BCUT2D eigenvalue weighted by Crippen LogP contribution is -2.46. The van der Waals surface area contributed by atoms with Gasteiger partial charge in [0.1, 0.15) is 18.2 Å². The Balaban J connectivity index is 3.26. The topological polar surface area (TPSA) is 109 Å². The Bertz CT molecular complexity index is 710. The summed E-state index contributed by atoms with van der Waals surface area (Å²) in [7, 11) is 0. The van der Waals surface area contributed by atoms with Gasteiger partial charge < -0.3 is 4.90 Å². The van der Waals surface area contributed by atoms with E-state index in [0.717, 1.165) is 29.7 Å². The van der Waals surface area contributed by atoms with Gasteiger partial charge >= 0.3 is 0 Å². The lowest BCUT2D eigenvalue weighted by atomic mass is 10.1. The van der Waals surface area contributed by atoms with Gasteiger partial charge in [0.05, 0.1) is 11.1 Å². The SMILES string of the molecule is CC[C@@H](C)N(C(=O)Cn1cc([N+](=O)[O-])cc(C#N)c1=O)[C@H](C)CC. The number of hydrogen-bond acceptors (Lipinski definition) is 5. The van der Waals surface area contributed by atoms with Crippen LogP contribution < -0.4 is 5.56 Å². The molecule has 0 aliphatic carbocycles. The van der Waals surface area contributed by atoms with Gasteiger partial charge in [-0.05, 0) is 26.7 Å². The first-order valence-corrected chi connectivity index (χ1v) is 7.86. The Hall–Kier alpha value is -2.69. The van der Waals surface area contributed by atoms with Gasteiger partial charge in [0.2, 0.25) is 5.91 Å². The second-order valence-electron chi connectivity index (χ2n) is 5.73. The minimum atomic E-state index is -0.704. The van der Waals surface area contributed by atoms with Crippen LogP contribution in [-0.2, 0) is 11.3 Å². The molecule has 0 aromatic carbocycles. The molecule has 0 aliphatic rings. The summed E-state index contributed by atoms with van der Waals surface area (Å²) in [5.74, 6) is -0.301. The van der Waals surface area contributed by atoms with Crippen LogP contribution in [0.25, 0.3) is 0 Å². The number of nitro groups is 1. The van der Waals surface area contributed by atoms with Crippen LogP contribution >= 0.6 is 0 Å². The van der Waals surface area contributed by atoms with E-state index in [-0.39, 0.29) is 30.1 Å². The molecule has 0 fully saturated rings. The largest absolute Gasteiger partial charge is 0.336 e. The normalized spacial score (nSPS) is 13.0. The van der Waals surface area contributed by atoms with E-state index in [1.165, 1.54) is 0 Å². The summed E-state index contributed by atoms with van der Waals surface area (Å²) in [4.78, 5) is 36.8. The van der Waals surface area contributed by atoms with Crippen molar-refractivity contribution in [1.82, 2.24) is 9.47 Å². The molecule has 0 aliphatic heterocycles. The number of pyridine rings is 1. The van der Waals surface area contributed by atoms with E-state index >= 15 is 0 Å². The Labute approximate surface area is 140 Å². The smallest absolute Gasteiger partial charge is 0.287 e. The Morgan fingerprint density at radius 1 is 1.38 bits per heavy atom. The number of rotatable bonds is 7. The molecule has 1 amide bonds. The summed E-state index contributed by atoms with van der Waals surface area (Å²) < 4.78 is 0.941. The highest BCUT2D eigenvalue weighted by Crippen LogP contribution is 2.14. The summed E-state index contributed by atoms with van der Waals surface area (Å²) in [6.07, 6.45) is 2.51. The van der Waals surface area contributed by atoms with E-state index in [2.05, 4.69) is 0 Å². The lowest BCUT2D eigenvalue weighted by Gasteiger charge is -2.34. The van der Waals surface area contributed by atoms with E-state index in [1.54, 1.807) is 11.0 Å². The molecule has 130 valence electrons. The van der Waals surface area contributed by atoms with E-state index in [9.17, 15) is 19.7 Å². The molecule has 1 rings (SSSR count). The molecule has 0 radical (unpaired) electrons. The molecule has 0 saturated heterocycles. The molecule has 24 heavy (non-hydrogen) atoms. The fraction of sp³-hybridized carbons (Fsp3) is 0.562. The van der Waals surface area contributed by atoms with Crippen molar-refractivity contribution >= 4 is 11.6 Å². The number of aromatic nitrogens is 1. The quantitative estimate of drug-likeness (QED) is 0.560. The van der Waals surface area contributed by atoms with Gasteiger partial charge in [-0.25, -0.2) is 0 Å². The average molecular weight is 334 g/mol. The minimum Gasteiger partial charge on any atom is -0.336 e. The van der Waals surface area contributed by atoms with Crippen LogP contribution in [-0.4, -0.2) is 32.4 Å². The van der Waals surface area contributed by atoms with Crippen molar-refractivity contribution in [2.45, 2.75) is 59.2 Å². The molecule has 0 spiro atoms. The first-order chi connectivity index (χ1) is 11.3. The van der Waals surface area contributed by atoms with Gasteiger partial charge in [-0.1, -0.05) is 13.8 Å². The summed E-state index contributed by atoms with van der Waals surface area (Å²) >= 11 is 0. The molecular weight excluding hydrogens is 312 g/mol. The van der Waals surface area contributed by atoms with E-state index in [4.69, 9.17) is 5.26 Å². The molecule has 0 saturated carbocycles. The Morgan fingerprint density at radius 2 is 1.92 bits per heavy atom. The van der Waals surface area contributed by atoms with Crippen LogP contribution in [0.2, 0.25) is 0 Å². The predicted octanol–water partition coefficient (Wildman–Crippen LogP) is 2.05. The first kappa shape index (κ1) is 19.4. The van der Waals surface area contributed by atoms with Crippen LogP contribution in [0.1, 0.15) is 46.1 Å². The molecule has 1 aromatic rings. The third-order valence-corrected chi connectivity index (χ3v) is 4.13. The maximum Gasteiger partial charge on any atom is 0.287 e. The number of carbonyl (C=O) groups excluding carboxylic acids is 1. The molecular formula is C16H22N4O4. The third kappa shape index (κ3) is 4.19. The maximum absolute atomic E-state index is 12.7. The lowest BCUT2D eigenvalue weighted by molar-refractivity contribution is -0.385. The Kier molecular flexibility index (Phi) is 6.65. The molecule has 0 unspecified atom stereocenters. The van der Waals surface area contributed by atoms with Gasteiger partial charge in [-0.3, -0.25) is 24.3 Å². The van der Waals surface area contributed by atoms with E-state index in [0.29, 0.717) is 0 Å².